The van der Waals surface area contributed by atoms with E-state index in [4.69, 9.17) is 11.1 Å². The summed E-state index contributed by atoms with van der Waals surface area (Å²) in [6.45, 7) is 1.74. The van der Waals surface area contributed by atoms with Crippen LogP contribution in [0.2, 0.25) is 0 Å². The summed E-state index contributed by atoms with van der Waals surface area (Å²) in [5, 5.41) is 16.7. The van der Waals surface area contributed by atoms with Crippen molar-refractivity contribution >= 4 is 11.8 Å². The molecule has 92 valence electrons. The molecule has 2 N–H and O–H groups in total. The second-order valence-corrected chi connectivity index (χ2v) is 4.88. The highest BCUT2D eigenvalue weighted by Gasteiger charge is 2.14. The zero-order chi connectivity index (χ0) is 13.1. The van der Waals surface area contributed by atoms with Gasteiger partial charge in [0.2, 0.25) is 5.16 Å². The molecule has 0 spiro atoms. The smallest absolute Gasteiger partial charge is 0.211 e. The third-order valence-electron chi connectivity index (χ3n) is 2.21. The molecule has 1 atom stereocenters. The van der Waals surface area contributed by atoms with Crippen LogP contribution in [0.1, 0.15) is 6.92 Å². The van der Waals surface area contributed by atoms with Crippen LogP contribution in [0, 0.1) is 17.1 Å². The van der Waals surface area contributed by atoms with Crippen molar-refractivity contribution in [1.82, 2.24) is 14.9 Å². The molecule has 0 saturated heterocycles. The fourth-order valence-corrected chi connectivity index (χ4v) is 2.02. The largest absolute Gasteiger partial charge is 0.335 e. The van der Waals surface area contributed by atoms with Crippen molar-refractivity contribution in [3.63, 3.8) is 0 Å². The van der Waals surface area contributed by atoms with Gasteiger partial charge in [0.15, 0.2) is 5.82 Å². The fraction of sp³-hybridized carbons (Fsp3) is 0.182. The Balaban J connectivity index is 2.34. The van der Waals surface area contributed by atoms with E-state index in [2.05, 4.69) is 16.3 Å². The number of rotatable bonds is 3. The summed E-state index contributed by atoms with van der Waals surface area (Å²) in [6.07, 6.45) is 0. The molecule has 0 radical (unpaired) electrons. The SMILES string of the molecule is C[C@H](C#N)Sc1nnc(-c2cccc(F)c2)n1N. The molecule has 1 heterocycles. The van der Waals surface area contributed by atoms with Crippen LogP contribution in [0.25, 0.3) is 11.4 Å². The van der Waals surface area contributed by atoms with Crippen molar-refractivity contribution < 1.29 is 4.39 Å². The Bertz CT molecular complexity index is 604. The molecule has 0 aliphatic carbocycles. The Labute approximate surface area is 107 Å². The summed E-state index contributed by atoms with van der Waals surface area (Å²) >= 11 is 1.20. The van der Waals surface area contributed by atoms with Crippen LogP contribution in [-0.4, -0.2) is 20.1 Å². The number of nitrogens with zero attached hydrogens (tertiary/aromatic N) is 4. The maximum atomic E-state index is 13.1. The van der Waals surface area contributed by atoms with E-state index in [1.165, 1.54) is 28.6 Å². The van der Waals surface area contributed by atoms with Gasteiger partial charge in [-0.1, -0.05) is 23.9 Å². The Kier molecular flexibility index (Phi) is 3.48. The maximum absolute atomic E-state index is 13.1. The average molecular weight is 263 g/mol. The van der Waals surface area contributed by atoms with Gasteiger partial charge in [-0.15, -0.1) is 10.2 Å². The summed E-state index contributed by atoms with van der Waals surface area (Å²) in [4.78, 5) is 0. The van der Waals surface area contributed by atoms with Crippen LogP contribution in [0.15, 0.2) is 29.4 Å². The molecule has 2 rings (SSSR count). The number of nitriles is 1. The van der Waals surface area contributed by atoms with Gasteiger partial charge < -0.3 is 5.84 Å². The lowest BCUT2D eigenvalue weighted by Gasteiger charge is -2.04. The first kappa shape index (κ1) is 12.4. The molecule has 1 aromatic carbocycles. The number of thioether (sulfide) groups is 1. The second kappa shape index (κ2) is 5.06. The topological polar surface area (TPSA) is 80.5 Å². The lowest BCUT2D eigenvalue weighted by molar-refractivity contribution is 0.628. The number of halogens is 1. The van der Waals surface area contributed by atoms with Crippen LogP contribution in [0.4, 0.5) is 4.39 Å². The molecule has 1 aromatic heterocycles. The normalized spacial score (nSPS) is 12.1. The minimum atomic E-state index is -0.366. The molecule has 18 heavy (non-hydrogen) atoms. The highest BCUT2D eigenvalue weighted by molar-refractivity contribution is 8.00. The van der Waals surface area contributed by atoms with Gasteiger partial charge in [0, 0.05) is 5.56 Å². The van der Waals surface area contributed by atoms with E-state index < -0.39 is 0 Å². The molecular weight excluding hydrogens is 253 g/mol. The van der Waals surface area contributed by atoms with Crippen molar-refractivity contribution in [2.75, 3.05) is 5.84 Å². The van der Waals surface area contributed by atoms with Gasteiger partial charge in [-0.05, 0) is 19.1 Å². The van der Waals surface area contributed by atoms with Crippen LogP contribution < -0.4 is 5.84 Å². The standard InChI is InChI=1S/C11H10FN5S/c1-7(6-13)18-11-16-15-10(17(11)14)8-3-2-4-9(12)5-8/h2-5,7H,14H2,1H3/t7-/m1/s1. The van der Waals surface area contributed by atoms with Gasteiger partial charge in [-0.3, -0.25) is 0 Å². The third kappa shape index (κ3) is 2.43. The Morgan fingerprint density at radius 3 is 2.94 bits per heavy atom. The maximum Gasteiger partial charge on any atom is 0.211 e. The van der Waals surface area contributed by atoms with Gasteiger partial charge >= 0.3 is 0 Å². The molecule has 0 aliphatic heterocycles. The van der Waals surface area contributed by atoms with Crippen LogP contribution in [0.3, 0.4) is 0 Å². The summed E-state index contributed by atoms with van der Waals surface area (Å²) in [5.74, 6) is 5.82. The van der Waals surface area contributed by atoms with Gasteiger partial charge in [-0.2, -0.15) is 5.26 Å². The molecule has 7 heteroatoms. The molecule has 0 saturated carbocycles. The van der Waals surface area contributed by atoms with E-state index in [9.17, 15) is 4.39 Å². The molecule has 0 aliphatic rings. The zero-order valence-electron chi connectivity index (χ0n) is 9.54. The van der Waals surface area contributed by atoms with E-state index in [1.54, 1.807) is 19.1 Å². The molecule has 0 amide bonds. The summed E-state index contributed by atoms with van der Waals surface area (Å²) in [7, 11) is 0. The van der Waals surface area contributed by atoms with E-state index in [0.29, 0.717) is 16.5 Å². The Hall–Kier alpha value is -2.07. The monoisotopic (exact) mass is 263 g/mol. The van der Waals surface area contributed by atoms with E-state index in [0.717, 1.165) is 0 Å². The number of nitrogens with two attached hydrogens (primary N) is 1. The summed E-state index contributed by atoms with van der Waals surface area (Å²) in [6, 6.07) is 8.00. The predicted molar refractivity (Wildman–Crippen MR) is 66.5 cm³/mol. The Morgan fingerprint density at radius 2 is 2.28 bits per heavy atom. The molecule has 0 fully saturated rings. The van der Waals surface area contributed by atoms with E-state index >= 15 is 0 Å². The Morgan fingerprint density at radius 1 is 1.50 bits per heavy atom. The number of hydrogen-bond donors (Lipinski definition) is 1. The number of benzene rings is 1. The van der Waals surface area contributed by atoms with Crippen LogP contribution in [-0.2, 0) is 0 Å². The predicted octanol–water partition coefficient (Wildman–Crippen LogP) is 1.80. The third-order valence-corrected chi connectivity index (χ3v) is 3.16. The summed E-state index contributed by atoms with van der Waals surface area (Å²) < 4.78 is 14.4. The van der Waals surface area contributed by atoms with Gasteiger partial charge in [0.25, 0.3) is 0 Å². The van der Waals surface area contributed by atoms with Crippen molar-refractivity contribution in [1.29, 1.82) is 5.26 Å². The van der Waals surface area contributed by atoms with E-state index in [1.807, 2.05) is 0 Å². The van der Waals surface area contributed by atoms with Crippen molar-refractivity contribution in [3.05, 3.63) is 30.1 Å². The van der Waals surface area contributed by atoms with Gasteiger partial charge in [0.1, 0.15) is 5.82 Å². The zero-order valence-corrected chi connectivity index (χ0v) is 10.4. The lowest BCUT2D eigenvalue weighted by atomic mass is 10.2. The highest BCUT2D eigenvalue weighted by atomic mass is 32.2. The number of nitrogen functional groups attached to an aromatic ring is 1. The molecule has 0 unspecified atom stereocenters. The fourth-order valence-electron chi connectivity index (χ4n) is 1.37. The van der Waals surface area contributed by atoms with Gasteiger partial charge in [-0.25, -0.2) is 9.07 Å². The minimum absolute atomic E-state index is 0.281. The first-order chi connectivity index (χ1) is 8.61. The number of hydrogen-bond acceptors (Lipinski definition) is 5. The van der Waals surface area contributed by atoms with Crippen molar-refractivity contribution in [3.8, 4) is 17.5 Å². The molecular formula is C11H10FN5S. The van der Waals surface area contributed by atoms with Crippen molar-refractivity contribution in [2.45, 2.75) is 17.3 Å². The van der Waals surface area contributed by atoms with Crippen molar-refractivity contribution in [2.24, 2.45) is 0 Å². The van der Waals surface area contributed by atoms with E-state index in [-0.39, 0.29) is 11.1 Å². The number of aromatic nitrogens is 3. The first-order valence-electron chi connectivity index (χ1n) is 5.14. The summed E-state index contributed by atoms with van der Waals surface area (Å²) in [5.41, 5.74) is 0.543. The first-order valence-corrected chi connectivity index (χ1v) is 6.02. The molecule has 0 bridgehead atoms. The lowest BCUT2D eigenvalue weighted by Crippen LogP contribution is -2.12. The highest BCUT2D eigenvalue weighted by Crippen LogP contribution is 2.24. The van der Waals surface area contributed by atoms with Crippen LogP contribution >= 0.6 is 11.8 Å². The molecule has 2 aromatic rings. The second-order valence-electron chi connectivity index (χ2n) is 3.58. The van der Waals surface area contributed by atoms with Crippen LogP contribution in [0.5, 0.6) is 0 Å². The average Bonchev–Trinajstić information content (AvgIpc) is 2.71. The quantitative estimate of drug-likeness (QED) is 0.674. The minimum Gasteiger partial charge on any atom is -0.335 e. The molecule has 5 nitrogen and oxygen atoms in total. The van der Waals surface area contributed by atoms with Gasteiger partial charge in [0.05, 0.1) is 11.3 Å².